The number of carbonyl (C=O) groups excluding carboxylic acids is 3. The number of allylic oxidation sites excluding steroid dienone is 3. The predicted octanol–water partition coefficient (Wildman–Crippen LogP) is 3.94. The number of ether oxygens (including phenoxy) is 3. The normalized spacial score (nSPS) is 39.2. The van der Waals surface area contributed by atoms with Crippen LogP contribution in [0.3, 0.4) is 0 Å². The molecule has 2 bridgehead atoms. The van der Waals surface area contributed by atoms with E-state index in [4.69, 9.17) is 19.0 Å². The van der Waals surface area contributed by atoms with Gasteiger partial charge >= 0.3 is 11.9 Å². The van der Waals surface area contributed by atoms with Crippen LogP contribution >= 0.6 is 0 Å². The number of cyclic esters (lactones) is 1. The molecule has 1 aliphatic carbocycles. The summed E-state index contributed by atoms with van der Waals surface area (Å²) >= 11 is 0. The number of hydrogen-bond donors (Lipinski definition) is 6. The van der Waals surface area contributed by atoms with E-state index in [1.165, 1.54) is 0 Å². The third kappa shape index (κ3) is 12.9. The lowest BCUT2D eigenvalue weighted by Gasteiger charge is -2.47. The minimum Gasteiger partial charge on any atom is -0.479 e. The van der Waals surface area contributed by atoms with Crippen molar-refractivity contribution in [2.24, 2.45) is 46.6 Å². The molecule has 352 valence electrons. The van der Waals surface area contributed by atoms with Gasteiger partial charge in [-0.1, -0.05) is 57.0 Å². The zero-order valence-corrected chi connectivity index (χ0v) is 37.8. The number of carboxylic acid groups (broad SMARTS) is 1. The first-order valence-corrected chi connectivity index (χ1v) is 22.7. The Hall–Kier alpha value is -3.25. The van der Waals surface area contributed by atoms with Gasteiger partial charge in [0.1, 0.15) is 12.1 Å². The summed E-state index contributed by atoms with van der Waals surface area (Å²) in [7, 11) is 1.55. The SMILES string of the molecule is CCC[C@@H]1/C=C(\C)C[C@H](C)C[C@H](CO)[C@H]2O[C@@](O)(C(=O)C(=O)N3CCCC[C@H]3C(=O)O[C@H](/C(C)=C/[C@@H]3CC[C@@H](O)[C@H](OC)C3)[C@H](C)[C@@H](O)CC1=NOCC(=O)O)[C@H](C)C[C@@H]2CO. The van der Waals surface area contributed by atoms with E-state index in [-0.39, 0.29) is 56.8 Å². The van der Waals surface area contributed by atoms with Gasteiger partial charge in [0, 0.05) is 62.9 Å². The average Bonchev–Trinajstić information content (AvgIpc) is 3.24. The highest BCUT2D eigenvalue weighted by Crippen LogP contribution is 2.42. The van der Waals surface area contributed by atoms with E-state index >= 15 is 0 Å². The van der Waals surface area contributed by atoms with Crippen molar-refractivity contribution in [1.82, 2.24) is 4.90 Å². The standard InChI is InChI=1S/C46H74N2O14/c1-8-11-32-17-26(2)16-27(3)18-33(23-49)42-34(24-50)20-29(5)46(58,62-42)43(55)44(56)48-15-10-9-12-36(48)45(57)61-41(28(4)19-31-13-14-37(51)39(21-31)59-7)30(6)38(52)22-35(32)47-60-25-40(53)54/h17,19,27,29-34,36-39,41-42,49-52,58H,8-16,18,20-25H2,1-7H3,(H,53,54)/b26-17+,28-19+,47-35?/t27-,29+,30+,31-,32+,33+,34+,36-,37+,38-,39+,41+,42+,46+/m0/s1. The predicted molar refractivity (Wildman–Crippen MR) is 228 cm³/mol. The topological polar surface area (TPSA) is 242 Å². The molecule has 16 heteroatoms. The Balaban J connectivity index is 1.84. The number of piperidine rings is 1. The molecule has 16 nitrogen and oxygen atoms in total. The van der Waals surface area contributed by atoms with Crippen LogP contribution in [0.4, 0.5) is 0 Å². The van der Waals surface area contributed by atoms with Crippen LogP contribution in [0.5, 0.6) is 0 Å². The number of nitrogens with zero attached hydrogens (tertiary/aromatic N) is 2. The Morgan fingerprint density at radius 3 is 2.34 bits per heavy atom. The highest BCUT2D eigenvalue weighted by molar-refractivity contribution is 6.39. The van der Waals surface area contributed by atoms with E-state index in [1.54, 1.807) is 27.9 Å². The van der Waals surface area contributed by atoms with E-state index < -0.39 is 96.3 Å². The molecule has 1 amide bonds. The van der Waals surface area contributed by atoms with Crippen molar-refractivity contribution >= 4 is 29.3 Å². The number of methoxy groups -OCH3 is 1. The van der Waals surface area contributed by atoms with Crippen LogP contribution in [-0.4, -0.2) is 141 Å². The zero-order chi connectivity index (χ0) is 45.9. The molecule has 1 saturated carbocycles. The molecule has 0 aromatic rings. The van der Waals surface area contributed by atoms with Crippen LogP contribution in [-0.2, 0) is 38.2 Å². The second-order valence-corrected chi connectivity index (χ2v) is 18.7. The molecule has 0 unspecified atom stereocenters. The number of oxime groups is 1. The first-order valence-electron chi connectivity index (χ1n) is 22.7. The summed E-state index contributed by atoms with van der Waals surface area (Å²) in [5, 5.41) is 69.5. The summed E-state index contributed by atoms with van der Waals surface area (Å²) in [5.74, 6) is -10.3. The third-order valence-corrected chi connectivity index (χ3v) is 13.6. The summed E-state index contributed by atoms with van der Waals surface area (Å²) in [6.07, 6.45) is 4.99. The molecule has 0 radical (unpaired) electrons. The Morgan fingerprint density at radius 1 is 1.00 bits per heavy atom. The van der Waals surface area contributed by atoms with Crippen LogP contribution in [0.15, 0.2) is 28.5 Å². The Bertz CT molecular complexity index is 1620. The molecular formula is C46H74N2O14. The molecular weight excluding hydrogens is 805 g/mol. The maximum Gasteiger partial charge on any atom is 0.344 e. The van der Waals surface area contributed by atoms with Crippen LogP contribution in [0.25, 0.3) is 0 Å². The van der Waals surface area contributed by atoms with Gasteiger partial charge in [0.2, 0.25) is 12.4 Å². The summed E-state index contributed by atoms with van der Waals surface area (Å²) < 4.78 is 18.1. The Morgan fingerprint density at radius 2 is 1.69 bits per heavy atom. The number of carboxylic acids is 1. The van der Waals surface area contributed by atoms with Gasteiger partial charge < -0.3 is 54.6 Å². The monoisotopic (exact) mass is 879 g/mol. The fourth-order valence-electron chi connectivity index (χ4n) is 10.2. The lowest BCUT2D eigenvalue weighted by atomic mass is 9.75. The first-order chi connectivity index (χ1) is 29.4. The van der Waals surface area contributed by atoms with Crippen molar-refractivity contribution in [3.8, 4) is 0 Å². The van der Waals surface area contributed by atoms with E-state index in [1.807, 2.05) is 32.9 Å². The van der Waals surface area contributed by atoms with Gasteiger partial charge in [-0.05, 0) is 95.5 Å². The maximum absolute atomic E-state index is 14.5. The number of fused-ring (bicyclic) bond motifs is 3. The molecule has 4 aliphatic rings. The fourth-order valence-corrected chi connectivity index (χ4v) is 10.2. The molecule has 14 atom stereocenters. The lowest BCUT2D eigenvalue weighted by molar-refractivity contribution is -0.289. The number of rotatable bonds is 10. The number of ketones is 1. The number of esters is 1. The minimum atomic E-state index is -2.59. The second kappa shape index (κ2) is 23.6. The zero-order valence-electron chi connectivity index (χ0n) is 37.8. The smallest absolute Gasteiger partial charge is 0.344 e. The number of aliphatic carboxylic acids is 1. The summed E-state index contributed by atoms with van der Waals surface area (Å²) in [5.41, 5.74) is 1.99. The van der Waals surface area contributed by atoms with Crippen LogP contribution < -0.4 is 0 Å². The van der Waals surface area contributed by atoms with E-state index in [2.05, 4.69) is 5.16 Å². The summed E-state index contributed by atoms with van der Waals surface area (Å²) in [6.45, 7) is 9.69. The largest absolute Gasteiger partial charge is 0.479 e. The van der Waals surface area contributed by atoms with Gasteiger partial charge in [-0.3, -0.25) is 9.59 Å². The van der Waals surface area contributed by atoms with Crippen molar-refractivity contribution in [2.75, 3.05) is 33.5 Å². The number of aliphatic hydroxyl groups is 5. The number of amides is 1. The van der Waals surface area contributed by atoms with Gasteiger partial charge in [0.15, 0.2) is 0 Å². The molecule has 4 rings (SSSR count). The van der Waals surface area contributed by atoms with Crippen molar-refractivity contribution in [3.05, 3.63) is 23.3 Å². The van der Waals surface area contributed by atoms with Crippen molar-refractivity contribution in [3.63, 3.8) is 0 Å². The molecule has 2 saturated heterocycles. The number of Topliss-reactive ketones (excluding diaryl/α,β-unsaturated/α-hetero) is 1. The van der Waals surface area contributed by atoms with Crippen LogP contribution in [0.1, 0.15) is 119 Å². The second-order valence-electron chi connectivity index (χ2n) is 18.7. The van der Waals surface area contributed by atoms with E-state index in [0.717, 1.165) is 16.9 Å². The highest BCUT2D eigenvalue weighted by atomic mass is 16.6. The van der Waals surface area contributed by atoms with Crippen molar-refractivity contribution in [2.45, 2.75) is 161 Å². The minimum absolute atomic E-state index is 0.0378. The summed E-state index contributed by atoms with van der Waals surface area (Å²) in [4.78, 5) is 61.0. The van der Waals surface area contributed by atoms with E-state index in [0.29, 0.717) is 62.7 Å². The van der Waals surface area contributed by atoms with E-state index in [9.17, 15) is 49.8 Å². The molecule has 0 aromatic carbocycles. The maximum atomic E-state index is 14.5. The number of hydrogen-bond acceptors (Lipinski definition) is 14. The van der Waals surface area contributed by atoms with Gasteiger partial charge in [-0.25, -0.2) is 9.59 Å². The quantitative estimate of drug-likeness (QED) is 0.0789. The van der Waals surface area contributed by atoms with Crippen molar-refractivity contribution < 1.29 is 68.9 Å². The van der Waals surface area contributed by atoms with Crippen molar-refractivity contribution in [1.29, 1.82) is 0 Å². The molecule has 6 N–H and O–H groups in total. The van der Waals surface area contributed by atoms with Crippen LogP contribution in [0.2, 0.25) is 0 Å². The average molecular weight is 879 g/mol. The van der Waals surface area contributed by atoms with Gasteiger partial charge in [0.25, 0.3) is 11.7 Å². The fraction of sp³-hybridized carbons (Fsp3) is 0.804. The number of carbonyl (C=O) groups is 4. The lowest BCUT2D eigenvalue weighted by Crippen LogP contribution is -2.63. The highest BCUT2D eigenvalue weighted by Gasteiger charge is 2.56. The number of aliphatic hydroxyl groups excluding tert-OH is 4. The summed E-state index contributed by atoms with van der Waals surface area (Å²) in [6, 6.07) is -1.20. The molecule has 3 aliphatic heterocycles. The molecule has 0 spiro atoms. The molecule has 3 fully saturated rings. The molecule has 0 aromatic heterocycles. The Labute approximate surface area is 366 Å². The third-order valence-electron chi connectivity index (χ3n) is 13.6. The van der Waals surface area contributed by atoms with Gasteiger partial charge in [-0.2, -0.15) is 0 Å². The van der Waals surface area contributed by atoms with Crippen LogP contribution in [0, 0.1) is 41.4 Å². The van der Waals surface area contributed by atoms with Gasteiger partial charge in [0.05, 0.1) is 30.1 Å². The van der Waals surface area contributed by atoms with Gasteiger partial charge in [-0.15, -0.1) is 0 Å². The molecule has 62 heavy (non-hydrogen) atoms. The Kier molecular flexibility index (Phi) is 19.6. The first kappa shape index (κ1) is 51.4. The molecule has 3 heterocycles.